The highest BCUT2D eigenvalue weighted by Gasteiger charge is 2.02. The van der Waals surface area contributed by atoms with E-state index < -0.39 is 0 Å². The number of hydrogen-bond donors (Lipinski definition) is 1. The summed E-state index contributed by atoms with van der Waals surface area (Å²) in [5.41, 5.74) is 2.07. The lowest BCUT2D eigenvalue weighted by atomic mass is 10.2. The molecule has 2 aromatic carbocycles. The van der Waals surface area contributed by atoms with Crippen molar-refractivity contribution in [2.24, 2.45) is 0 Å². The van der Waals surface area contributed by atoms with Gasteiger partial charge in [0.25, 0.3) is 0 Å². The summed E-state index contributed by atoms with van der Waals surface area (Å²) in [4.78, 5) is 0. The second kappa shape index (κ2) is 6.32. The Morgan fingerprint density at radius 1 is 1.06 bits per heavy atom. The largest absolute Gasteiger partial charge is 0.309 e. The molecule has 1 N–H and O–H groups in total. The first-order chi connectivity index (χ1) is 8.66. The van der Waals surface area contributed by atoms with Gasteiger partial charge in [0.2, 0.25) is 0 Å². The summed E-state index contributed by atoms with van der Waals surface area (Å²) in [6, 6.07) is 12.5. The van der Waals surface area contributed by atoms with Gasteiger partial charge in [-0.05, 0) is 29.3 Å². The van der Waals surface area contributed by atoms with Crippen LogP contribution in [0.4, 0.5) is 4.39 Å². The molecule has 0 fully saturated rings. The quantitative estimate of drug-likeness (QED) is 0.869. The summed E-state index contributed by atoms with van der Waals surface area (Å²) in [5.74, 6) is -0.311. The third kappa shape index (κ3) is 3.55. The van der Waals surface area contributed by atoms with Gasteiger partial charge in [-0.15, -0.1) is 0 Å². The SMILES string of the molecule is Fc1ccc(CNCc2ccccc2Br)c(Cl)c1. The monoisotopic (exact) mass is 327 g/mol. The minimum absolute atomic E-state index is 0.311. The number of halogens is 3. The summed E-state index contributed by atoms with van der Waals surface area (Å²) in [7, 11) is 0. The van der Waals surface area contributed by atoms with Crippen molar-refractivity contribution >= 4 is 27.5 Å². The molecule has 1 nitrogen and oxygen atoms in total. The predicted octanol–water partition coefficient (Wildman–Crippen LogP) is 4.53. The lowest BCUT2D eigenvalue weighted by Crippen LogP contribution is -2.13. The van der Waals surface area contributed by atoms with Gasteiger partial charge in [-0.1, -0.05) is 51.8 Å². The molecular weight excluding hydrogens is 317 g/mol. The smallest absolute Gasteiger partial charge is 0.124 e. The maximum Gasteiger partial charge on any atom is 0.124 e. The van der Waals surface area contributed by atoms with Crippen LogP contribution in [0.5, 0.6) is 0 Å². The summed E-state index contributed by atoms with van der Waals surface area (Å²) >= 11 is 9.44. The molecule has 0 amide bonds. The van der Waals surface area contributed by atoms with E-state index in [1.807, 2.05) is 24.3 Å². The Morgan fingerprint density at radius 3 is 2.50 bits per heavy atom. The van der Waals surface area contributed by atoms with E-state index in [9.17, 15) is 4.39 Å². The molecular formula is C14H12BrClFN. The summed E-state index contributed by atoms with van der Waals surface area (Å²) in [5, 5.41) is 3.74. The first-order valence-electron chi connectivity index (χ1n) is 5.55. The van der Waals surface area contributed by atoms with Crippen LogP contribution in [0.2, 0.25) is 5.02 Å². The van der Waals surface area contributed by atoms with Crippen molar-refractivity contribution in [2.75, 3.05) is 0 Å². The Bertz CT molecular complexity index is 545. The van der Waals surface area contributed by atoms with Gasteiger partial charge < -0.3 is 5.32 Å². The zero-order valence-electron chi connectivity index (χ0n) is 9.59. The third-order valence-corrected chi connectivity index (χ3v) is 3.73. The van der Waals surface area contributed by atoms with E-state index in [-0.39, 0.29) is 5.82 Å². The fraction of sp³-hybridized carbons (Fsp3) is 0.143. The van der Waals surface area contributed by atoms with Crippen LogP contribution >= 0.6 is 27.5 Å². The zero-order valence-corrected chi connectivity index (χ0v) is 11.9. The summed E-state index contributed by atoms with van der Waals surface area (Å²) in [6.07, 6.45) is 0. The van der Waals surface area contributed by atoms with Crippen molar-refractivity contribution in [1.29, 1.82) is 0 Å². The second-order valence-electron chi connectivity index (χ2n) is 3.93. The van der Waals surface area contributed by atoms with Crippen molar-refractivity contribution in [3.8, 4) is 0 Å². The standard InChI is InChI=1S/C14H12BrClFN/c15-13-4-2-1-3-10(13)8-18-9-11-5-6-12(17)7-14(11)16/h1-7,18H,8-9H2. The van der Waals surface area contributed by atoms with Crippen molar-refractivity contribution in [3.05, 3.63) is 68.9 Å². The molecule has 0 aliphatic carbocycles. The van der Waals surface area contributed by atoms with E-state index in [1.54, 1.807) is 6.07 Å². The van der Waals surface area contributed by atoms with Gasteiger partial charge in [0.15, 0.2) is 0 Å². The van der Waals surface area contributed by atoms with Gasteiger partial charge in [0.1, 0.15) is 5.82 Å². The Kier molecular flexibility index (Phi) is 4.75. The topological polar surface area (TPSA) is 12.0 Å². The van der Waals surface area contributed by atoms with Gasteiger partial charge in [0, 0.05) is 22.6 Å². The Hall–Kier alpha value is -0.900. The normalized spacial score (nSPS) is 10.6. The molecule has 2 rings (SSSR count). The maximum atomic E-state index is 12.9. The average Bonchev–Trinajstić information content (AvgIpc) is 2.34. The molecule has 0 unspecified atom stereocenters. The number of rotatable bonds is 4. The van der Waals surface area contributed by atoms with Crippen molar-refractivity contribution in [2.45, 2.75) is 13.1 Å². The number of benzene rings is 2. The van der Waals surface area contributed by atoms with Gasteiger partial charge in [-0.25, -0.2) is 4.39 Å². The molecule has 0 saturated heterocycles. The molecule has 0 aliphatic heterocycles. The van der Waals surface area contributed by atoms with Crippen molar-refractivity contribution in [3.63, 3.8) is 0 Å². The predicted molar refractivity (Wildman–Crippen MR) is 76.1 cm³/mol. The van der Waals surface area contributed by atoms with Crippen LogP contribution in [0.25, 0.3) is 0 Å². The highest BCUT2D eigenvalue weighted by molar-refractivity contribution is 9.10. The van der Waals surface area contributed by atoms with Gasteiger partial charge >= 0.3 is 0 Å². The minimum Gasteiger partial charge on any atom is -0.309 e. The van der Waals surface area contributed by atoms with Gasteiger partial charge in [0.05, 0.1) is 0 Å². The van der Waals surface area contributed by atoms with Crippen LogP contribution in [0, 0.1) is 5.82 Å². The fourth-order valence-corrected chi connectivity index (χ4v) is 2.30. The van der Waals surface area contributed by atoms with E-state index in [1.165, 1.54) is 17.7 Å². The van der Waals surface area contributed by atoms with Crippen LogP contribution in [0.1, 0.15) is 11.1 Å². The van der Waals surface area contributed by atoms with Crippen molar-refractivity contribution < 1.29 is 4.39 Å². The van der Waals surface area contributed by atoms with Crippen LogP contribution in [0.3, 0.4) is 0 Å². The van der Waals surface area contributed by atoms with E-state index in [0.717, 1.165) is 16.6 Å². The molecule has 0 aliphatic rings. The average molecular weight is 329 g/mol. The molecule has 18 heavy (non-hydrogen) atoms. The van der Waals surface area contributed by atoms with E-state index >= 15 is 0 Å². The molecule has 94 valence electrons. The third-order valence-electron chi connectivity index (χ3n) is 2.60. The maximum absolute atomic E-state index is 12.9. The van der Waals surface area contributed by atoms with Gasteiger partial charge in [-0.3, -0.25) is 0 Å². The van der Waals surface area contributed by atoms with Crippen molar-refractivity contribution in [1.82, 2.24) is 5.32 Å². The number of hydrogen-bond acceptors (Lipinski definition) is 1. The molecule has 0 heterocycles. The highest BCUT2D eigenvalue weighted by Crippen LogP contribution is 2.18. The Morgan fingerprint density at radius 2 is 1.78 bits per heavy atom. The molecule has 2 aromatic rings. The lowest BCUT2D eigenvalue weighted by molar-refractivity contribution is 0.625. The van der Waals surface area contributed by atoms with E-state index in [2.05, 4.69) is 21.2 Å². The first kappa shape index (κ1) is 13.5. The van der Waals surface area contributed by atoms with Crippen LogP contribution < -0.4 is 5.32 Å². The lowest BCUT2D eigenvalue weighted by Gasteiger charge is -2.08. The Balaban J connectivity index is 1.95. The molecule has 0 aromatic heterocycles. The highest BCUT2D eigenvalue weighted by atomic mass is 79.9. The molecule has 0 radical (unpaired) electrons. The molecule has 0 saturated carbocycles. The zero-order chi connectivity index (χ0) is 13.0. The molecule has 0 bridgehead atoms. The fourth-order valence-electron chi connectivity index (χ4n) is 1.64. The second-order valence-corrected chi connectivity index (χ2v) is 5.19. The molecule has 0 atom stereocenters. The van der Waals surface area contributed by atoms with E-state index in [0.29, 0.717) is 11.6 Å². The van der Waals surface area contributed by atoms with Crippen LogP contribution in [-0.4, -0.2) is 0 Å². The minimum atomic E-state index is -0.311. The van der Waals surface area contributed by atoms with Crippen LogP contribution in [-0.2, 0) is 13.1 Å². The summed E-state index contributed by atoms with van der Waals surface area (Å²) in [6.45, 7) is 1.34. The Labute approximate surface area is 119 Å². The van der Waals surface area contributed by atoms with E-state index in [4.69, 9.17) is 11.6 Å². The van der Waals surface area contributed by atoms with Crippen LogP contribution in [0.15, 0.2) is 46.9 Å². The molecule has 4 heteroatoms. The molecule has 0 spiro atoms. The first-order valence-corrected chi connectivity index (χ1v) is 6.72. The summed E-state index contributed by atoms with van der Waals surface area (Å²) < 4.78 is 13.9. The number of nitrogens with one attached hydrogen (secondary N) is 1. The van der Waals surface area contributed by atoms with Gasteiger partial charge in [-0.2, -0.15) is 0 Å².